The minimum Gasteiger partial charge on any atom is -0.324 e. The van der Waals surface area contributed by atoms with Crippen LogP contribution in [0, 0.1) is 0 Å². The second-order valence-electron chi connectivity index (χ2n) is 2.88. The monoisotopic (exact) mass is 301 g/mol. The number of rotatable bonds is 2. The van der Waals surface area contributed by atoms with Gasteiger partial charge >= 0.3 is 0 Å². The molecule has 0 heterocycles. The minimum atomic E-state index is -3.90. The summed E-state index contributed by atoms with van der Waals surface area (Å²) in [6.07, 6.45) is 0. The van der Waals surface area contributed by atoms with E-state index in [1.54, 1.807) is 0 Å². The first kappa shape index (κ1) is 13.6. The fourth-order valence-corrected chi connectivity index (χ4v) is 2.48. The summed E-state index contributed by atoms with van der Waals surface area (Å²) in [5.74, 6) is -0.370. The fraction of sp³-hybridized carbons (Fsp3) is 0.125. The molecule has 4 nitrogen and oxygen atoms in total. The SMILES string of the molecule is CC(=O)Nc1c(Cl)cc(S(=O)(=O)Cl)cc1Cl. The molecule has 1 N–H and O–H groups in total. The van der Waals surface area contributed by atoms with Crippen molar-refractivity contribution in [2.75, 3.05) is 5.32 Å². The molecule has 8 heteroatoms. The highest BCUT2D eigenvalue weighted by Crippen LogP contribution is 2.34. The zero-order valence-corrected chi connectivity index (χ0v) is 11.0. The third-order valence-corrected chi connectivity index (χ3v) is 3.53. The quantitative estimate of drug-likeness (QED) is 0.854. The van der Waals surface area contributed by atoms with Gasteiger partial charge in [0, 0.05) is 17.6 Å². The molecule has 0 radical (unpaired) electrons. The highest BCUT2D eigenvalue weighted by Gasteiger charge is 2.16. The van der Waals surface area contributed by atoms with Crippen LogP contribution in [0.15, 0.2) is 17.0 Å². The Labute approximate surface area is 107 Å². The van der Waals surface area contributed by atoms with Crippen molar-refractivity contribution in [2.24, 2.45) is 0 Å². The van der Waals surface area contributed by atoms with Gasteiger partial charge in [-0.2, -0.15) is 0 Å². The average Bonchev–Trinajstić information content (AvgIpc) is 2.09. The number of hydrogen-bond donors (Lipinski definition) is 1. The molecule has 0 atom stereocenters. The molecule has 0 aliphatic heterocycles. The Kier molecular flexibility index (Phi) is 4.07. The first-order chi connectivity index (χ1) is 7.21. The summed E-state index contributed by atoms with van der Waals surface area (Å²) in [4.78, 5) is 10.6. The van der Waals surface area contributed by atoms with E-state index in [-0.39, 0.29) is 26.5 Å². The molecule has 88 valence electrons. The van der Waals surface area contributed by atoms with E-state index in [4.69, 9.17) is 33.9 Å². The number of carbonyl (C=O) groups is 1. The molecule has 1 rings (SSSR count). The summed E-state index contributed by atoms with van der Waals surface area (Å²) in [7, 11) is 1.23. The molecule has 0 bridgehead atoms. The average molecular weight is 303 g/mol. The third kappa shape index (κ3) is 3.25. The van der Waals surface area contributed by atoms with Gasteiger partial charge in [-0.25, -0.2) is 8.42 Å². The van der Waals surface area contributed by atoms with Crippen molar-refractivity contribution < 1.29 is 13.2 Å². The number of nitrogens with one attached hydrogen (secondary N) is 1. The van der Waals surface area contributed by atoms with Crippen LogP contribution in [0.25, 0.3) is 0 Å². The lowest BCUT2D eigenvalue weighted by Gasteiger charge is -2.08. The van der Waals surface area contributed by atoms with Crippen molar-refractivity contribution in [3.63, 3.8) is 0 Å². The highest BCUT2D eigenvalue weighted by molar-refractivity contribution is 8.13. The maximum atomic E-state index is 11.0. The Bertz CT molecular complexity index is 518. The Morgan fingerprint density at radius 3 is 2.00 bits per heavy atom. The molecule has 0 aromatic heterocycles. The molecular formula is C8H6Cl3NO3S. The fourth-order valence-electron chi connectivity index (χ4n) is 0.986. The zero-order chi connectivity index (χ0) is 12.5. The van der Waals surface area contributed by atoms with Crippen LogP contribution in [0.5, 0.6) is 0 Å². The lowest BCUT2D eigenvalue weighted by atomic mass is 10.3. The molecule has 1 amide bonds. The molecule has 0 aliphatic carbocycles. The molecule has 0 fully saturated rings. The second kappa shape index (κ2) is 4.79. The molecule has 0 unspecified atom stereocenters. The Morgan fingerprint density at radius 1 is 1.25 bits per heavy atom. The number of amides is 1. The van der Waals surface area contributed by atoms with E-state index in [1.165, 1.54) is 6.92 Å². The van der Waals surface area contributed by atoms with Crippen molar-refractivity contribution in [1.82, 2.24) is 0 Å². The number of halogens is 3. The first-order valence-corrected chi connectivity index (χ1v) is 6.99. The van der Waals surface area contributed by atoms with E-state index in [2.05, 4.69) is 5.32 Å². The number of anilines is 1. The molecule has 0 saturated heterocycles. The predicted molar refractivity (Wildman–Crippen MR) is 63.8 cm³/mol. The second-order valence-corrected chi connectivity index (χ2v) is 6.26. The van der Waals surface area contributed by atoms with Gasteiger partial charge < -0.3 is 5.32 Å². The van der Waals surface area contributed by atoms with Crippen LogP contribution < -0.4 is 5.32 Å². The highest BCUT2D eigenvalue weighted by atomic mass is 35.7. The molecule has 16 heavy (non-hydrogen) atoms. The maximum Gasteiger partial charge on any atom is 0.261 e. The van der Waals surface area contributed by atoms with Crippen LogP contribution in [-0.2, 0) is 13.8 Å². The topological polar surface area (TPSA) is 63.2 Å². The molecular weight excluding hydrogens is 297 g/mol. The van der Waals surface area contributed by atoms with Crippen LogP contribution in [0.3, 0.4) is 0 Å². The lowest BCUT2D eigenvalue weighted by Crippen LogP contribution is -2.07. The van der Waals surface area contributed by atoms with E-state index in [9.17, 15) is 13.2 Å². The van der Waals surface area contributed by atoms with Gasteiger partial charge in [0.25, 0.3) is 9.05 Å². The van der Waals surface area contributed by atoms with Crippen molar-refractivity contribution in [3.8, 4) is 0 Å². The van der Waals surface area contributed by atoms with Crippen molar-refractivity contribution in [3.05, 3.63) is 22.2 Å². The van der Waals surface area contributed by atoms with Crippen LogP contribution in [0.1, 0.15) is 6.92 Å². The molecule has 0 spiro atoms. The van der Waals surface area contributed by atoms with Gasteiger partial charge in [0.1, 0.15) is 0 Å². The summed E-state index contributed by atoms with van der Waals surface area (Å²) in [6.45, 7) is 1.28. The van der Waals surface area contributed by atoms with Gasteiger partial charge in [0.15, 0.2) is 0 Å². The summed E-state index contributed by atoms with van der Waals surface area (Å²) in [5, 5.41) is 2.38. The Hall–Kier alpha value is -0.490. The molecule has 0 aliphatic rings. The maximum absolute atomic E-state index is 11.0. The number of benzene rings is 1. The summed E-state index contributed by atoms with van der Waals surface area (Å²) in [6, 6.07) is 2.22. The van der Waals surface area contributed by atoms with Crippen LogP contribution >= 0.6 is 33.9 Å². The first-order valence-electron chi connectivity index (χ1n) is 3.93. The number of hydrogen-bond acceptors (Lipinski definition) is 3. The van der Waals surface area contributed by atoms with Crippen LogP contribution in [0.2, 0.25) is 10.0 Å². The van der Waals surface area contributed by atoms with Crippen molar-refractivity contribution in [2.45, 2.75) is 11.8 Å². The molecule has 0 saturated carbocycles. The van der Waals surface area contributed by atoms with Crippen molar-refractivity contribution in [1.29, 1.82) is 0 Å². The number of carbonyl (C=O) groups excluding carboxylic acids is 1. The summed E-state index contributed by atoms with van der Waals surface area (Å²) < 4.78 is 22.1. The minimum absolute atomic E-state index is 0.00178. The van der Waals surface area contributed by atoms with Gasteiger partial charge in [0.05, 0.1) is 20.6 Å². The standard InChI is InChI=1S/C8H6Cl3NO3S/c1-4(13)12-8-6(9)2-5(3-7(8)10)16(11,14)15/h2-3H,1H3,(H,12,13). The van der Waals surface area contributed by atoms with Gasteiger partial charge in [0.2, 0.25) is 5.91 Å². The predicted octanol–water partition coefficient (Wildman–Crippen LogP) is 2.88. The van der Waals surface area contributed by atoms with Crippen LogP contribution in [-0.4, -0.2) is 14.3 Å². The lowest BCUT2D eigenvalue weighted by molar-refractivity contribution is -0.114. The summed E-state index contributed by atoms with van der Waals surface area (Å²) in [5.41, 5.74) is 0.153. The van der Waals surface area contributed by atoms with Gasteiger partial charge in [-0.3, -0.25) is 4.79 Å². The summed E-state index contributed by atoms with van der Waals surface area (Å²) >= 11 is 11.5. The zero-order valence-electron chi connectivity index (χ0n) is 7.92. The largest absolute Gasteiger partial charge is 0.324 e. The van der Waals surface area contributed by atoms with E-state index >= 15 is 0 Å². The third-order valence-electron chi connectivity index (χ3n) is 1.60. The van der Waals surface area contributed by atoms with Gasteiger partial charge in [-0.15, -0.1) is 0 Å². The smallest absolute Gasteiger partial charge is 0.261 e. The van der Waals surface area contributed by atoms with Crippen molar-refractivity contribution >= 4 is 54.5 Å². The molecule has 1 aromatic carbocycles. The Morgan fingerprint density at radius 2 is 1.69 bits per heavy atom. The van der Waals surface area contributed by atoms with E-state index in [0.29, 0.717) is 0 Å². The van der Waals surface area contributed by atoms with Gasteiger partial charge in [-0.1, -0.05) is 23.2 Å². The van der Waals surface area contributed by atoms with Gasteiger partial charge in [-0.05, 0) is 12.1 Å². The van der Waals surface area contributed by atoms with E-state index < -0.39 is 9.05 Å². The van der Waals surface area contributed by atoms with Crippen LogP contribution in [0.4, 0.5) is 5.69 Å². The Balaban J connectivity index is 3.34. The molecule has 1 aromatic rings. The normalized spacial score (nSPS) is 11.2. The van der Waals surface area contributed by atoms with E-state index in [0.717, 1.165) is 12.1 Å². The van der Waals surface area contributed by atoms with E-state index in [1.807, 2.05) is 0 Å².